The molecule has 0 spiro atoms. The fraction of sp³-hybridized carbons (Fsp3) is 0.239. The summed E-state index contributed by atoms with van der Waals surface area (Å²) in [7, 11) is -3.02. The molecular weight excluding hydrogens is 611 g/mol. The Morgan fingerprint density at radius 1 is 0.551 bits per heavy atom. The Hall–Kier alpha value is -4.73. The molecule has 0 N–H and O–H groups in total. The third kappa shape index (κ3) is 5.64. The first-order chi connectivity index (χ1) is 23.2. The van der Waals surface area contributed by atoms with Crippen LogP contribution in [0.15, 0.2) is 108 Å². The van der Waals surface area contributed by atoms with E-state index in [0.717, 1.165) is 27.6 Å². The minimum atomic E-state index is -3.02. The van der Waals surface area contributed by atoms with Crippen LogP contribution in [0.4, 0.5) is 0 Å². The number of benzene rings is 5. The van der Waals surface area contributed by atoms with Crippen molar-refractivity contribution in [2.75, 3.05) is 0 Å². The summed E-state index contributed by atoms with van der Waals surface area (Å²) in [5.41, 5.74) is 12.9. The molecule has 7 aromatic rings. The predicted octanol–water partition coefficient (Wildman–Crippen LogP) is 9.48. The molecule has 0 aliphatic heterocycles. The molecule has 3 heteroatoms. The van der Waals surface area contributed by atoms with Crippen LogP contribution in [-0.4, -0.2) is 13.1 Å². The van der Waals surface area contributed by atoms with E-state index < -0.39 is 8.07 Å². The average molecular weight is 658 g/mol. The molecule has 7 rings (SSSR count). The van der Waals surface area contributed by atoms with E-state index in [1.54, 1.807) is 0 Å². The zero-order valence-electron chi connectivity index (χ0n) is 30.7. The van der Waals surface area contributed by atoms with Crippen molar-refractivity contribution in [2.24, 2.45) is 0 Å². The Labute approximate surface area is 292 Å². The van der Waals surface area contributed by atoms with Gasteiger partial charge in [0.1, 0.15) is 11.1 Å². The summed E-state index contributed by atoms with van der Waals surface area (Å²) in [5.74, 6) is 0. The number of hydrogen-bond donors (Lipinski definition) is 0. The van der Waals surface area contributed by atoms with E-state index in [1.807, 2.05) is 6.20 Å². The van der Waals surface area contributed by atoms with Crippen molar-refractivity contribution >= 4 is 50.8 Å². The number of hydrogen-bond acceptors (Lipinski definition) is 2. The lowest BCUT2D eigenvalue weighted by molar-refractivity contribution is 0.596. The Bertz CT molecular complexity index is 2220. The van der Waals surface area contributed by atoms with Gasteiger partial charge in [0.05, 0.1) is 0 Å². The van der Waals surface area contributed by atoms with Crippen LogP contribution in [0.5, 0.6) is 0 Å². The van der Waals surface area contributed by atoms with E-state index in [2.05, 4.69) is 166 Å². The Morgan fingerprint density at radius 3 is 1.53 bits per heavy atom. The maximum Gasteiger partial charge on any atom is 0.224 e. The van der Waals surface area contributed by atoms with Crippen molar-refractivity contribution in [3.05, 3.63) is 148 Å². The topological polar surface area (TPSA) is 26.0 Å². The molecule has 0 aliphatic carbocycles. The summed E-state index contributed by atoms with van der Waals surface area (Å²) in [6.45, 7) is 22.5. The second-order valence-corrected chi connectivity index (χ2v) is 19.2. The summed E-state index contributed by atoms with van der Waals surface area (Å²) < 4.78 is 7.49. The lowest BCUT2D eigenvalue weighted by Crippen LogP contribution is -2.75. The number of nitrogens with zero attached hydrogens (tertiary/aromatic N) is 1. The lowest BCUT2D eigenvalue weighted by atomic mass is 9.82. The first kappa shape index (κ1) is 32.8. The van der Waals surface area contributed by atoms with Gasteiger partial charge in [0.2, 0.25) is 8.07 Å². The molecule has 0 bridgehead atoms. The molecule has 0 saturated carbocycles. The van der Waals surface area contributed by atoms with Gasteiger partial charge in [-0.15, -0.1) is 0 Å². The molecule has 2 aromatic heterocycles. The Morgan fingerprint density at radius 2 is 1.04 bits per heavy atom. The van der Waals surface area contributed by atoms with Crippen molar-refractivity contribution < 1.29 is 4.42 Å². The van der Waals surface area contributed by atoms with Crippen LogP contribution in [0.1, 0.15) is 65.3 Å². The predicted molar refractivity (Wildman–Crippen MR) is 212 cm³/mol. The zero-order valence-corrected chi connectivity index (χ0v) is 31.7. The standard InChI is InChI=1S/C46H47NOSi/c1-28-17-29(2)21-37(20-28)49(38-22-30(3)18-31(4)23-38,39-24-32(5)19-33(6)25-39)45-34(7)40-15-16-47-43(44(40)48-45)36-26-35-13-11-12-14-41(35)42(27-36)46(8,9)10/h11-27H,1-10H3. The molecule has 2 nitrogen and oxygen atoms in total. The van der Waals surface area contributed by atoms with E-state index in [1.165, 1.54) is 70.8 Å². The number of fused-ring (bicyclic) bond motifs is 2. The zero-order chi connectivity index (χ0) is 34.8. The minimum absolute atomic E-state index is 0.0368. The number of aromatic nitrogens is 1. The summed E-state index contributed by atoms with van der Waals surface area (Å²) >= 11 is 0. The van der Waals surface area contributed by atoms with Gasteiger partial charge >= 0.3 is 0 Å². The summed E-state index contributed by atoms with van der Waals surface area (Å²) in [4.78, 5) is 5.07. The molecule has 0 atom stereocenters. The van der Waals surface area contributed by atoms with Gasteiger partial charge in [-0.1, -0.05) is 133 Å². The Balaban J connectivity index is 1.64. The van der Waals surface area contributed by atoms with E-state index in [4.69, 9.17) is 9.40 Å². The maximum absolute atomic E-state index is 7.49. The average Bonchev–Trinajstić information content (AvgIpc) is 3.35. The van der Waals surface area contributed by atoms with E-state index in [0.29, 0.717) is 0 Å². The summed E-state index contributed by atoms with van der Waals surface area (Å²) in [6.07, 6.45) is 1.96. The third-order valence-electron chi connectivity index (χ3n) is 10.1. The third-order valence-corrected chi connectivity index (χ3v) is 14.7. The van der Waals surface area contributed by atoms with Crippen molar-refractivity contribution in [1.82, 2.24) is 4.98 Å². The highest BCUT2D eigenvalue weighted by atomic mass is 28.3. The number of rotatable bonds is 5. The van der Waals surface area contributed by atoms with Gasteiger partial charge < -0.3 is 4.42 Å². The van der Waals surface area contributed by atoms with Crippen LogP contribution in [0, 0.1) is 48.5 Å². The van der Waals surface area contributed by atoms with Gasteiger partial charge in [0, 0.05) is 17.1 Å². The highest BCUT2D eigenvalue weighted by Gasteiger charge is 2.47. The van der Waals surface area contributed by atoms with Gasteiger partial charge in [-0.25, -0.2) is 0 Å². The number of aryl methyl sites for hydroxylation is 7. The molecule has 0 radical (unpaired) electrons. The molecule has 2 heterocycles. The first-order valence-electron chi connectivity index (χ1n) is 17.4. The largest absolute Gasteiger partial charge is 0.462 e. The fourth-order valence-corrected chi connectivity index (χ4v) is 13.6. The first-order valence-corrected chi connectivity index (χ1v) is 19.4. The monoisotopic (exact) mass is 657 g/mol. The van der Waals surface area contributed by atoms with Gasteiger partial charge in [0.25, 0.3) is 0 Å². The van der Waals surface area contributed by atoms with Crippen molar-refractivity contribution in [1.29, 1.82) is 0 Å². The lowest BCUT2D eigenvalue weighted by Gasteiger charge is -2.34. The second-order valence-electron chi connectivity index (χ2n) is 15.5. The molecule has 0 unspecified atom stereocenters. The Kier molecular flexibility index (Phi) is 8.03. The summed E-state index contributed by atoms with van der Waals surface area (Å²) in [6, 6.07) is 36.8. The van der Waals surface area contributed by atoms with Crippen LogP contribution in [0.2, 0.25) is 0 Å². The quantitative estimate of drug-likeness (QED) is 0.136. The van der Waals surface area contributed by atoms with E-state index in [9.17, 15) is 0 Å². The molecular formula is C46H47NOSi. The van der Waals surface area contributed by atoms with Crippen molar-refractivity contribution in [2.45, 2.75) is 74.7 Å². The second kappa shape index (κ2) is 12.0. The van der Waals surface area contributed by atoms with E-state index >= 15 is 0 Å². The van der Waals surface area contributed by atoms with E-state index in [-0.39, 0.29) is 5.41 Å². The normalized spacial score (nSPS) is 12.3. The van der Waals surface area contributed by atoms with Gasteiger partial charge in [-0.3, -0.25) is 4.98 Å². The smallest absolute Gasteiger partial charge is 0.224 e. The van der Waals surface area contributed by atoms with Crippen LogP contribution in [0.3, 0.4) is 0 Å². The molecule has 0 fully saturated rings. The van der Waals surface area contributed by atoms with Gasteiger partial charge in [-0.2, -0.15) is 0 Å². The molecule has 0 aliphatic rings. The van der Waals surface area contributed by atoms with Crippen LogP contribution in [0.25, 0.3) is 33.0 Å². The highest BCUT2D eigenvalue weighted by Crippen LogP contribution is 2.37. The maximum atomic E-state index is 7.49. The van der Waals surface area contributed by atoms with Crippen LogP contribution >= 0.6 is 0 Å². The van der Waals surface area contributed by atoms with Crippen LogP contribution < -0.4 is 20.9 Å². The highest BCUT2D eigenvalue weighted by molar-refractivity contribution is 7.19. The van der Waals surface area contributed by atoms with Crippen molar-refractivity contribution in [3.8, 4) is 11.3 Å². The van der Waals surface area contributed by atoms with Gasteiger partial charge in [-0.05, 0) is 110 Å². The number of pyridine rings is 1. The minimum Gasteiger partial charge on any atom is -0.462 e. The molecule has 246 valence electrons. The summed E-state index contributed by atoms with van der Waals surface area (Å²) in [5, 5.41) is 8.74. The SMILES string of the molecule is Cc1cc(C)cc([Si](c2cc(C)cc(C)c2)(c2cc(C)cc(C)c2)c2oc3c(-c4cc(C(C)(C)C)c5ccccc5c4)nccc3c2C)c1. The van der Waals surface area contributed by atoms with Crippen LogP contribution in [-0.2, 0) is 5.41 Å². The molecule has 5 aromatic carbocycles. The van der Waals surface area contributed by atoms with Gasteiger partial charge in [0.15, 0.2) is 5.58 Å². The fourth-order valence-electron chi connectivity index (χ4n) is 8.25. The molecule has 49 heavy (non-hydrogen) atoms. The molecule has 0 amide bonds. The van der Waals surface area contributed by atoms with Crippen molar-refractivity contribution in [3.63, 3.8) is 0 Å². The number of furan rings is 1. The molecule has 0 saturated heterocycles.